The Bertz CT molecular complexity index is 602. The molecule has 20 heavy (non-hydrogen) atoms. The molecule has 0 bridgehead atoms. The minimum Gasteiger partial charge on any atom is -0.461 e. The average Bonchev–Trinajstić information content (AvgIpc) is 2.81. The van der Waals surface area contributed by atoms with E-state index in [0.717, 1.165) is 5.56 Å². The quantitative estimate of drug-likeness (QED) is 0.869. The van der Waals surface area contributed by atoms with E-state index in [0.29, 0.717) is 12.4 Å². The van der Waals surface area contributed by atoms with Gasteiger partial charge in [-0.3, -0.25) is 0 Å². The fourth-order valence-electron chi connectivity index (χ4n) is 2.04. The number of nitrogens with zero attached hydrogens (tertiary/aromatic N) is 2. The minimum absolute atomic E-state index is 0.00581. The Hall–Kier alpha value is -2.30. The van der Waals surface area contributed by atoms with Gasteiger partial charge in [-0.1, -0.05) is 29.8 Å². The molecule has 0 aliphatic rings. The van der Waals surface area contributed by atoms with Gasteiger partial charge in [-0.05, 0) is 26.3 Å². The van der Waals surface area contributed by atoms with E-state index in [-0.39, 0.29) is 11.7 Å². The fraction of sp³-hybridized carbons (Fsp3) is 0.333. The number of imidazole rings is 1. The summed E-state index contributed by atoms with van der Waals surface area (Å²) in [4.78, 5) is 15.8. The Morgan fingerprint density at radius 1 is 1.40 bits per heavy atom. The van der Waals surface area contributed by atoms with Gasteiger partial charge in [-0.2, -0.15) is 0 Å². The molecule has 0 spiro atoms. The summed E-state index contributed by atoms with van der Waals surface area (Å²) in [6.07, 6.45) is 1.58. The lowest BCUT2D eigenvalue weighted by atomic mass is 10.1. The number of nitrogens with two attached hydrogens (primary N) is 1. The molecule has 0 radical (unpaired) electrons. The molecule has 1 aromatic heterocycles. The Kier molecular flexibility index (Phi) is 4.08. The maximum atomic E-state index is 11.7. The zero-order chi connectivity index (χ0) is 14.7. The highest BCUT2D eigenvalue weighted by Gasteiger charge is 2.20. The molecule has 0 saturated carbocycles. The number of benzene rings is 1. The van der Waals surface area contributed by atoms with Gasteiger partial charge in [0.25, 0.3) is 0 Å². The highest BCUT2D eigenvalue weighted by molar-refractivity contribution is 5.92. The molecule has 0 fully saturated rings. The van der Waals surface area contributed by atoms with Gasteiger partial charge in [0, 0.05) is 0 Å². The van der Waals surface area contributed by atoms with Crippen molar-refractivity contribution in [3.05, 3.63) is 47.4 Å². The number of nitrogen functional groups attached to an aromatic ring is 1. The third-order valence-electron chi connectivity index (χ3n) is 3.28. The third-order valence-corrected chi connectivity index (χ3v) is 3.28. The molecule has 5 nitrogen and oxygen atoms in total. The molecule has 2 N–H and O–H groups in total. The van der Waals surface area contributed by atoms with E-state index >= 15 is 0 Å². The SMILES string of the molecule is CCOC(=O)c1ncn(C(C)c2ccc(C)cc2)c1N. The van der Waals surface area contributed by atoms with Gasteiger partial charge >= 0.3 is 5.97 Å². The molecule has 0 aliphatic heterocycles. The van der Waals surface area contributed by atoms with Gasteiger partial charge in [0.1, 0.15) is 5.82 Å². The van der Waals surface area contributed by atoms with Crippen LogP contribution in [0, 0.1) is 6.92 Å². The normalized spacial score (nSPS) is 12.2. The molecule has 2 rings (SSSR count). The fourth-order valence-corrected chi connectivity index (χ4v) is 2.04. The number of anilines is 1. The monoisotopic (exact) mass is 273 g/mol. The summed E-state index contributed by atoms with van der Waals surface area (Å²) >= 11 is 0. The van der Waals surface area contributed by atoms with Crippen molar-refractivity contribution in [3.63, 3.8) is 0 Å². The van der Waals surface area contributed by atoms with E-state index < -0.39 is 5.97 Å². The van der Waals surface area contributed by atoms with Crippen LogP contribution in [0.15, 0.2) is 30.6 Å². The molecule has 5 heteroatoms. The number of aryl methyl sites for hydroxylation is 1. The zero-order valence-electron chi connectivity index (χ0n) is 12.0. The van der Waals surface area contributed by atoms with Crippen LogP contribution in [0.4, 0.5) is 5.82 Å². The van der Waals surface area contributed by atoms with Gasteiger partial charge in [0.15, 0.2) is 5.69 Å². The number of carbonyl (C=O) groups is 1. The molecule has 0 aliphatic carbocycles. The summed E-state index contributed by atoms with van der Waals surface area (Å²) in [5.74, 6) is -0.156. The van der Waals surface area contributed by atoms with Crippen molar-refractivity contribution in [3.8, 4) is 0 Å². The van der Waals surface area contributed by atoms with E-state index in [1.165, 1.54) is 5.56 Å². The first-order valence-corrected chi connectivity index (χ1v) is 6.60. The van der Waals surface area contributed by atoms with Gasteiger partial charge < -0.3 is 15.0 Å². The number of rotatable bonds is 4. The van der Waals surface area contributed by atoms with Crippen molar-refractivity contribution in [1.82, 2.24) is 9.55 Å². The Balaban J connectivity index is 2.29. The van der Waals surface area contributed by atoms with Crippen molar-refractivity contribution in [2.45, 2.75) is 26.8 Å². The topological polar surface area (TPSA) is 70.1 Å². The average molecular weight is 273 g/mol. The standard InChI is InChI=1S/C15H19N3O2/c1-4-20-15(19)13-14(16)18(9-17-13)11(3)12-7-5-10(2)6-8-12/h5-9,11H,4,16H2,1-3H3. The van der Waals surface area contributed by atoms with E-state index in [1.807, 2.05) is 38.1 Å². The van der Waals surface area contributed by atoms with Crippen molar-refractivity contribution >= 4 is 11.8 Å². The van der Waals surface area contributed by atoms with Crippen molar-refractivity contribution in [2.75, 3.05) is 12.3 Å². The molecular weight excluding hydrogens is 254 g/mol. The van der Waals surface area contributed by atoms with E-state index in [4.69, 9.17) is 10.5 Å². The summed E-state index contributed by atoms with van der Waals surface area (Å²) in [7, 11) is 0. The van der Waals surface area contributed by atoms with Crippen LogP contribution in [-0.4, -0.2) is 22.1 Å². The van der Waals surface area contributed by atoms with Crippen LogP contribution in [0.25, 0.3) is 0 Å². The summed E-state index contributed by atoms with van der Waals surface area (Å²) in [5.41, 5.74) is 8.48. The van der Waals surface area contributed by atoms with Crippen LogP contribution < -0.4 is 5.73 Å². The number of aromatic nitrogens is 2. The number of carbonyl (C=O) groups excluding carboxylic acids is 1. The van der Waals surface area contributed by atoms with Crippen molar-refractivity contribution in [1.29, 1.82) is 0 Å². The van der Waals surface area contributed by atoms with E-state index in [2.05, 4.69) is 4.98 Å². The van der Waals surface area contributed by atoms with E-state index in [1.54, 1.807) is 17.8 Å². The summed E-state index contributed by atoms with van der Waals surface area (Å²) in [6, 6.07) is 8.19. The highest BCUT2D eigenvalue weighted by atomic mass is 16.5. The van der Waals surface area contributed by atoms with Crippen molar-refractivity contribution < 1.29 is 9.53 Å². The predicted octanol–water partition coefficient (Wildman–Crippen LogP) is 2.56. The van der Waals surface area contributed by atoms with E-state index in [9.17, 15) is 4.79 Å². The van der Waals surface area contributed by atoms with Crippen LogP contribution in [0.2, 0.25) is 0 Å². The molecule has 1 heterocycles. The molecular formula is C15H19N3O2. The lowest BCUT2D eigenvalue weighted by molar-refractivity contribution is 0.0521. The van der Waals surface area contributed by atoms with Crippen LogP contribution in [-0.2, 0) is 4.74 Å². The molecule has 1 atom stereocenters. The van der Waals surface area contributed by atoms with Crippen LogP contribution in [0.3, 0.4) is 0 Å². The lowest BCUT2D eigenvalue weighted by Gasteiger charge is -2.15. The number of esters is 1. The second-order valence-electron chi connectivity index (χ2n) is 4.69. The predicted molar refractivity (Wildman–Crippen MR) is 77.6 cm³/mol. The lowest BCUT2D eigenvalue weighted by Crippen LogP contribution is -2.12. The Morgan fingerprint density at radius 3 is 2.65 bits per heavy atom. The van der Waals surface area contributed by atoms with Crippen LogP contribution in [0.1, 0.15) is 41.5 Å². The maximum absolute atomic E-state index is 11.7. The molecule has 106 valence electrons. The first-order chi connectivity index (χ1) is 9.54. The highest BCUT2D eigenvalue weighted by Crippen LogP contribution is 2.23. The maximum Gasteiger partial charge on any atom is 0.360 e. The minimum atomic E-state index is -0.486. The van der Waals surface area contributed by atoms with Gasteiger partial charge in [-0.25, -0.2) is 9.78 Å². The first-order valence-electron chi connectivity index (χ1n) is 6.60. The molecule has 2 aromatic rings. The molecule has 0 amide bonds. The Morgan fingerprint density at radius 2 is 2.05 bits per heavy atom. The second kappa shape index (κ2) is 5.77. The smallest absolute Gasteiger partial charge is 0.360 e. The summed E-state index contributed by atoms with van der Waals surface area (Å²) in [5, 5.41) is 0. The first kappa shape index (κ1) is 14.1. The van der Waals surface area contributed by atoms with Crippen LogP contribution in [0.5, 0.6) is 0 Å². The summed E-state index contributed by atoms with van der Waals surface area (Å²) in [6.45, 7) is 6.11. The largest absolute Gasteiger partial charge is 0.461 e. The van der Waals surface area contributed by atoms with Crippen molar-refractivity contribution in [2.24, 2.45) is 0 Å². The molecule has 0 saturated heterocycles. The molecule has 1 unspecified atom stereocenters. The van der Waals surface area contributed by atoms with Gasteiger partial charge in [0.2, 0.25) is 0 Å². The molecule has 1 aromatic carbocycles. The van der Waals surface area contributed by atoms with Crippen LogP contribution >= 0.6 is 0 Å². The third kappa shape index (κ3) is 2.66. The Labute approximate surface area is 118 Å². The second-order valence-corrected chi connectivity index (χ2v) is 4.69. The number of hydrogen-bond acceptors (Lipinski definition) is 4. The number of hydrogen-bond donors (Lipinski definition) is 1. The summed E-state index contributed by atoms with van der Waals surface area (Å²) < 4.78 is 6.70. The van der Waals surface area contributed by atoms with Gasteiger partial charge in [0.05, 0.1) is 19.0 Å². The van der Waals surface area contributed by atoms with Gasteiger partial charge in [-0.15, -0.1) is 0 Å². The zero-order valence-corrected chi connectivity index (χ0v) is 12.0. The number of ether oxygens (including phenoxy) is 1.